The monoisotopic (exact) mass is 611 g/mol. The van der Waals surface area contributed by atoms with Gasteiger partial charge in [0.25, 0.3) is 0 Å². The summed E-state index contributed by atoms with van der Waals surface area (Å²) in [4.78, 5) is 10.7. The molecule has 0 spiro atoms. The lowest BCUT2D eigenvalue weighted by molar-refractivity contribution is 0.669. The molecule has 11 aromatic rings. The molecule has 0 radical (unpaired) electrons. The van der Waals surface area contributed by atoms with Crippen molar-refractivity contribution in [3.8, 4) is 17.1 Å². The molecule has 3 heterocycles. The van der Waals surface area contributed by atoms with Crippen LogP contribution in [0.2, 0.25) is 0 Å². The lowest BCUT2D eigenvalue weighted by atomic mass is 9.94. The third kappa shape index (κ3) is 3.49. The summed E-state index contributed by atoms with van der Waals surface area (Å²) in [6.07, 6.45) is 0. The van der Waals surface area contributed by atoms with Crippen LogP contribution in [-0.2, 0) is 0 Å². The second-order valence-corrected chi connectivity index (χ2v) is 12.6. The molecule has 0 unspecified atom stereocenters. The van der Waals surface area contributed by atoms with Crippen LogP contribution >= 0.6 is 0 Å². The molecule has 0 aliphatic heterocycles. The Morgan fingerprint density at radius 2 is 1.08 bits per heavy atom. The maximum Gasteiger partial charge on any atom is 0.165 e. The Bertz CT molecular complexity index is 3130. The van der Waals surface area contributed by atoms with Crippen LogP contribution in [-0.4, -0.2) is 14.5 Å². The molecule has 0 saturated carbocycles. The highest BCUT2D eigenvalue weighted by molar-refractivity contribution is 6.29. The first-order chi connectivity index (χ1) is 23.8. The third-order valence-electron chi connectivity index (χ3n) is 9.95. The summed E-state index contributed by atoms with van der Waals surface area (Å²) in [5, 5.41) is 12.1. The number of aromatic nitrogens is 3. The molecule has 4 heteroatoms. The summed E-state index contributed by atoms with van der Waals surface area (Å²) < 4.78 is 8.50. The Labute approximate surface area is 274 Å². The van der Waals surface area contributed by atoms with Crippen molar-refractivity contribution >= 4 is 87.1 Å². The normalized spacial score (nSPS) is 12.2. The number of benzene rings is 8. The SMILES string of the molecule is c1ccc2c(c1)ccc1ccc3c(ccc4c3c3ccccc3n4-c3nc4ccccc4nc3-c3ccc4oc5ccccc5c4c3)c12. The fraction of sp³-hybridized carbons (Fsp3) is 0. The molecule has 0 amide bonds. The first kappa shape index (κ1) is 25.6. The molecule has 0 fully saturated rings. The Hall–Kier alpha value is -6.52. The summed E-state index contributed by atoms with van der Waals surface area (Å²) in [6, 6.07) is 53.6. The van der Waals surface area contributed by atoms with Crippen molar-refractivity contribution < 1.29 is 4.42 Å². The molecule has 0 aliphatic carbocycles. The van der Waals surface area contributed by atoms with E-state index in [-0.39, 0.29) is 0 Å². The first-order valence-electron chi connectivity index (χ1n) is 16.3. The Morgan fingerprint density at radius 3 is 2.00 bits per heavy atom. The van der Waals surface area contributed by atoms with E-state index in [1.807, 2.05) is 36.4 Å². The van der Waals surface area contributed by atoms with E-state index in [4.69, 9.17) is 14.4 Å². The molecule has 11 rings (SSSR count). The van der Waals surface area contributed by atoms with Gasteiger partial charge >= 0.3 is 0 Å². The molecular formula is C44H25N3O. The van der Waals surface area contributed by atoms with Gasteiger partial charge < -0.3 is 4.42 Å². The van der Waals surface area contributed by atoms with Crippen LogP contribution < -0.4 is 0 Å². The lowest BCUT2D eigenvalue weighted by Crippen LogP contribution is -2.03. The summed E-state index contributed by atoms with van der Waals surface area (Å²) >= 11 is 0. The van der Waals surface area contributed by atoms with E-state index in [0.717, 1.165) is 61.1 Å². The summed E-state index contributed by atoms with van der Waals surface area (Å²) in [5.74, 6) is 0.803. The van der Waals surface area contributed by atoms with Gasteiger partial charge in [-0.05, 0) is 80.8 Å². The largest absolute Gasteiger partial charge is 0.456 e. The summed E-state index contributed by atoms with van der Waals surface area (Å²) in [7, 11) is 0. The second-order valence-electron chi connectivity index (χ2n) is 12.6. The van der Waals surface area contributed by atoms with Gasteiger partial charge in [-0.1, -0.05) is 103 Å². The molecule has 8 aromatic carbocycles. The molecule has 4 nitrogen and oxygen atoms in total. The lowest BCUT2D eigenvalue weighted by Gasteiger charge is -2.14. The van der Waals surface area contributed by atoms with Gasteiger partial charge in [0.2, 0.25) is 0 Å². The van der Waals surface area contributed by atoms with Crippen LogP contribution in [0.3, 0.4) is 0 Å². The van der Waals surface area contributed by atoms with Crippen LogP contribution in [0.15, 0.2) is 156 Å². The van der Waals surface area contributed by atoms with Crippen LogP contribution in [0.25, 0.3) is 104 Å². The Balaban J connectivity index is 1.27. The smallest absolute Gasteiger partial charge is 0.165 e. The van der Waals surface area contributed by atoms with E-state index >= 15 is 0 Å². The van der Waals surface area contributed by atoms with Crippen molar-refractivity contribution in [2.24, 2.45) is 0 Å². The maximum absolute atomic E-state index is 6.19. The van der Waals surface area contributed by atoms with Crippen LogP contribution in [0, 0.1) is 0 Å². The highest BCUT2D eigenvalue weighted by Gasteiger charge is 2.22. The van der Waals surface area contributed by atoms with Gasteiger partial charge in [0, 0.05) is 27.1 Å². The Morgan fingerprint density at radius 1 is 0.417 bits per heavy atom. The van der Waals surface area contributed by atoms with Crippen LogP contribution in [0.1, 0.15) is 0 Å². The molecule has 3 aromatic heterocycles. The molecule has 0 aliphatic rings. The highest BCUT2D eigenvalue weighted by atomic mass is 16.3. The van der Waals surface area contributed by atoms with E-state index in [0.29, 0.717) is 0 Å². The highest BCUT2D eigenvalue weighted by Crippen LogP contribution is 2.42. The zero-order chi connectivity index (χ0) is 31.3. The van der Waals surface area contributed by atoms with Crippen molar-refractivity contribution in [2.45, 2.75) is 0 Å². The molecule has 0 bridgehead atoms. The van der Waals surface area contributed by atoms with Gasteiger partial charge in [-0.3, -0.25) is 4.57 Å². The van der Waals surface area contributed by atoms with Crippen molar-refractivity contribution in [2.75, 3.05) is 0 Å². The van der Waals surface area contributed by atoms with Crippen molar-refractivity contribution in [1.29, 1.82) is 0 Å². The van der Waals surface area contributed by atoms with Gasteiger partial charge in [0.1, 0.15) is 16.9 Å². The number of furan rings is 1. The van der Waals surface area contributed by atoms with Gasteiger partial charge in [-0.2, -0.15) is 0 Å². The number of fused-ring (bicyclic) bond motifs is 13. The third-order valence-corrected chi connectivity index (χ3v) is 9.95. The van der Waals surface area contributed by atoms with Crippen LogP contribution in [0.5, 0.6) is 0 Å². The second kappa shape index (κ2) is 9.50. The fourth-order valence-electron chi connectivity index (χ4n) is 7.82. The molecule has 0 atom stereocenters. The van der Waals surface area contributed by atoms with Crippen LogP contribution in [0.4, 0.5) is 0 Å². The predicted octanol–water partition coefficient (Wildman–Crippen LogP) is 11.8. The van der Waals surface area contributed by atoms with E-state index in [1.54, 1.807) is 0 Å². The van der Waals surface area contributed by atoms with E-state index in [9.17, 15) is 0 Å². The number of para-hydroxylation sites is 4. The average Bonchev–Trinajstić information content (AvgIpc) is 3.69. The number of nitrogens with zero attached hydrogens (tertiary/aromatic N) is 3. The summed E-state index contributed by atoms with van der Waals surface area (Å²) in [6.45, 7) is 0. The zero-order valence-electron chi connectivity index (χ0n) is 25.7. The van der Waals surface area contributed by atoms with Crippen molar-refractivity contribution in [3.05, 3.63) is 152 Å². The quantitative estimate of drug-likeness (QED) is 0.183. The minimum absolute atomic E-state index is 0.803. The molecule has 48 heavy (non-hydrogen) atoms. The van der Waals surface area contributed by atoms with E-state index in [1.165, 1.54) is 43.1 Å². The van der Waals surface area contributed by atoms with E-state index in [2.05, 4.69) is 120 Å². The maximum atomic E-state index is 6.19. The fourth-order valence-corrected chi connectivity index (χ4v) is 7.82. The molecular weight excluding hydrogens is 587 g/mol. The Kier molecular flexibility index (Phi) is 5.08. The average molecular weight is 612 g/mol. The van der Waals surface area contributed by atoms with Crippen molar-refractivity contribution in [3.63, 3.8) is 0 Å². The summed E-state index contributed by atoms with van der Waals surface area (Å²) in [5.41, 5.74) is 7.47. The number of rotatable bonds is 2. The zero-order valence-corrected chi connectivity index (χ0v) is 25.7. The minimum atomic E-state index is 0.803. The topological polar surface area (TPSA) is 43.9 Å². The standard InChI is InChI=1S/C44H25N3O/c1-2-10-29-26(9-1)17-18-27-19-21-32-31(41(27)29)22-23-38-42(32)33-12-3-7-15-37(33)47(38)44-43(45-35-13-5-6-14-36(35)46-44)28-20-24-40-34(25-28)30-11-4-8-16-39(30)48-40/h1-25H. The van der Waals surface area contributed by atoms with Gasteiger partial charge in [-0.25, -0.2) is 9.97 Å². The van der Waals surface area contributed by atoms with Gasteiger partial charge in [-0.15, -0.1) is 0 Å². The minimum Gasteiger partial charge on any atom is -0.456 e. The first-order valence-corrected chi connectivity index (χ1v) is 16.3. The number of hydrogen-bond acceptors (Lipinski definition) is 3. The van der Waals surface area contributed by atoms with E-state index < -0.39 is 0 Å². The molecule has 0 N–H and O–H groups in total. The molecule has 222 valence electrons. The van der Waals surface area contributed by atoms with Crippen molar-refractivity contribution in [1.82, 2.24) is 14.5 Å². The predicted molar refractivity (Wildman–Crippen MR) is 199 cm³/mol. The molecule has 0 saturated heterocycles. The van der Waals surface area contributed by atoms with Gasteiger partial charge in [0.05, 0.1) is 22.1 Å². The van der Waals surface area contributed by atoms with Gasteiger partial charge in [0.15, 0.2) is 5.82 Å². The number of hydrogen-bond donors (Lipinski definition) is 0.